The third kappa shape index (κ3) is 3.30. The van der Waals surface area contributed by atoms with Gasteiger partial charge in [0.15, 0.2) is 0 Å². The standard InChI is InChI=1S/C12H20N4O/c1-17-12-8-14-7-11(16-12)15-6-9-4-2-3-5-10(9)13/h7-10H,2-6,13H2,1H3,(H,15,16). The first-order valence-corrected chi connectivity index (χ1v) is 6.15. The molecule has 0 amide bonds. The molecule has 5 heteroatoms. The molecule has 1 aliphatic carbocycles. The maximum atomic E-state index is 6.10. The van der Waals surface area contributed by atoms with Crippen LogP contribution < -0.4 is 15.8 Å². The Morgan fingerprint density at radius 1 is 1.41 bits per heavy atom. The van der Waals surface area contributed by atoms with Crippen molar-refractivity contribution in [3.63, 3.8) is 0 Å². The largest absolute Gasteiger partial charge is 0.480 e. The summed E-state index contributed by atoms with van der Waals surface area (Å²) in [6, 6.07) is 0.315. The first kappa shape index (κ1) is 12.1. The Morgan fingerprint density at radius 2 is 2.24 bits per heavy atom. The summed E-state index contributed by atoms with van der Waals surface area (Å²) in [7, 11) is 1.59. The minimum absolute atomic E-state index is 0.315. The summed E-state index contributed by atoms with van der Waals surface area (Å²) in [4.78, 5) is 8.32. The van der Waals surface area contributed by atoms with Gasteiger partial charge in [-0.25, -0.2) is 0 Å². The van der Waals surface area contributed by atoms with E-state index in [-0.39, 0.29) is 0 Å². The summed E-state index contributed by atoms with van der Waals surface area (Å²) < 4.78 is 5.03. The Kier molecular flexibility index (Phi) is 4.14. The second-order valence-electron chi connectivity index (χ2n) is 4.54. The Balaban J connectivity index is 1.88. The quantitative estimate of drug-likeness (QED) is 0.827. The number of hydrogen-bond acceptors (Lipinski definition) is 5. The van der Waals surface area contributed by atoms with Gasteiger partial charge in [0.25, 0.3) is 0 Å². The van der Waals surface area contributed by atoms with E-state index < -0.39 is 0 Å². The number of anilines is 1. The second kappa shape index (κ2) is 5.82. The van der Waals surface area contributed by atoms with Crippen LogP contribution in [0.3, 0.4) is 0 Å². The Morgan fingerprint density at radius 3 is 3.00 bits per heavy atom. The third-order valence-electron chi connectivity index (χ3n) is 3.33. The molecule has 2 unspecified atom stereocenters. The van der Waals surface area contributed by atoms with Crippen molar-refractivity contribution >= 4 is 5.82 Å². The molecule has 1 aliphatic rings. The van der Waals surface area contributed by atoms with Gasteiger partial charge in [0.05, 0.1) is 19.5 Å². The molecule has 0 spiro atoms. The molecule has 0 aliphatic heterocycles. The van der Waals surface area contributed by atoms with E-state index in [0.29, 0.717) is 17.8 Å². The molecule has 1 heterocycles. The summed E-state index contributed by atoms with van der Waals surface area (Å²) in [6.07, 6.45) is 8.18. The number of nitrogens with two attached hydrogens (primary N) is 1. The van der Waals surface area contributed by atoms with Crippen LogP contribution in [0.15, 0.2) is 12.4 Å². The maximum absolute atomic E-state index is 6.10. The highest BCUT2D eigenvalue weighted by atomic mass is 16.5. The molecular formula is C12H20N4O. The van der Waals surface area contributed by atoms with Crippen molar-refractivity contribution in [3.05, 3.63) is 12.4 Å². The van der Waals surface area contributed by atoms with Crippen molar-refractivity contribution in [1.29, 1.82) is 0 Å². The van der Waals surface area contributed by atoms with Gasteiger partial charge in [-0.15, -0.1) is 0 Å². The second-order valence-corrected chi connectivity index (χ2v) is 4.54. The molecule has 1 aromatic heterocycles. The Bertz CT molecular complexity index is 358. The molecule has 1 aromatic rings. The number of ether oxygens (including phenoxy) is 1. The minimum atomic E-state index is 0.315. The predicted molar refractivity (Wildman–Crippen MR) is 67.0 cm³/mol. The first-order valence-electron chi connectivity index (χ1n) is 6.15. The average Bonchev–Trinajstić information content (AvgIpc) is 2.38. The monoisotopic (exact) mass is 236 g/mol. The van der Waals surface area contributed by atoms with E-state index in [4.69, 9.17) is 10.5 Å². The molecule has 1 fully saturated rings. The highest BCUT2D eigenvalue weighted by Crippen LogP contribution is 2.23. The topological polar surface area (TPSA) is 73.1 Å². The molecule has 17 heavy (non-hydrogen) atoms. The zero-order valence-corrected chi connectivity index (χ0v) is 10.2. The van der Waals surface area contributed by atoms with E-state index in [0.717, 1.165) is 18.8 Å². The van der Waals surface area contributed by atoms with Crippen molar-refractivity contribution in [2.45, 2.75) is 31.7 Å². The molecule has 0 aromatic carbocycles. The van der Waals surface area contributed by atoms with Crippen LogP contribution in [0.25, 0.3) is 0 Å². The van der Waals surface area contributed by atoms with Gasteiger partial charge in [0, 0.05) is 12.6 Å². The zero-order valence-electron chi connectivity index (χ0n) is 10.2. The number of aromatic nitrogens is 2. The SMILES string of the molecule is COc1cncc(NCC2CCCCC2N)n1. The van der Waals surface area contributed by atoms with Crippen LogP contribution in [0.1, 0.15) is 25.7 Å². The van der Waals surface area contributed by atoms with Crippen LogP contribution in [-0.2, 0) is 0 Å². The van der Waals surface area contributed by atoms with Crippen LogP contribution >= 0.6 is 0 Å². The molecule has 0 radical (unpaired) electrons. The zero-order chi connectivity index (χ0) is 12.1. The summed E-state index contributed by atoms with van der Waals surface area (Å²) >= 11 is 0. The lowest BCUT2D eigenvalue weighted by Gasteiger charge is -2.28. The predicted octanol–water partition coefficient (Wildman–Crippen LogP) is 1.41. The summed E-state index contributed by atoms with van der Waals surface area (Å²) in [5.74, 6) is 1.82. The highest BCUT2D eigenvalue weighted by molar-refractivity contribution is 5.33. The van der Waals surface area contributed by atoms with E-state index in [1.807, 2.05) is 0 Å². The fourth-order valence-corrected chi connectivity index (χ4v) is 2.26. The van der Waals surface area contributed by atoms with E-state index in [1.54, 1.807) is 19.5 Å². The van der Waals surface area contributed by atoms with Gasteiger partial charge in [0.1, 0.15) is 5.82 Å². The normalized spacial score (nSPS) is 24.4. The highest BCUT2D eigenvalue weighted by Gasteiger charge is 2.21. The van der Waals surface area contributed by atoms with Crippen LogP contribution in [0.4, 0.5) is 5.82 Å². The van der Waals surface area contributed by atoms with Crippen LogP contribution in [-0.4, -0.2) is 29.7 Å². The molecule has 94 valence electrons. The number of rotatable bonds is 4. The molecule has 2 atom stereocenters. The van der Waals surface area contributed by atoms with Crippen LogP contribution in [0, 0.1) is 5.92 Å². The van der Waals surface area contributed by atoms with Gasteiger partial charge in [-0.1, -0.05) is 12.8 Å². The molecule has 1 saturated carbocycles. The first-order chi connectivity index (χ1) is 8.29. The summed E-state index contributed by atoms with van der Waals surface area (Å²) in [6.45, 7) is 0.864. The molecule has 0 saturated heterocycles. The van der Waals surface area contributed by atoms with Crippen molar-refractivity contribution in [2.75, 3.05) is 19.0 Å². The number of nitrogens with zero attached hydrogens (tertiary/aromatic N) is 2. The summed E-state index contributed by atoms with van der Waals surface area (Å²) in [5, 5.41) is 3.29. The van der Waals surface area contributed by atoms with Gasteiger partial charge in [-0.05, 0) is 18.8 Å². The smallest absolute Gasteiger partial charge is 0.233 e. The van der Waals surface area contributed by atoms with Crippen molar-refractivity contribution in [3.8, 4) is 5.88 Å². The lowest BCUT2D eigenvalue weighted by atomic mass is 9.85. The number of nitrogens with one attached hydrogen (secondary N) is 1. The molecule has 3 N–H and O–H groups in total. The van der Waals surface area contributed by atoms with E-state index in [1.165, 1.54) is 19.3 Å². The van der Waals surface area contributed by atoms with E-state index in [9.17, 15) is 0 Å². The Labute approximate surface area is 102 Å². The van der Waals surface area contributed by atoms with Gasteiger partial charge in [-0.3, -0.25) is 4.98 Å². The minimum Gasteiger partial charge on any atom is -0.480 e. The molecule has 2 rings (SSSR count). The fraction of sp³-hybridized carbons (Fsp3) is 0.667. The molecule has 0 bridgehead atoms. The lowest BCUT2D eigenvalue weighted by molar-refractivity contribution is 0.321. The molecule has 5 nitrogen and oxygen atoms in total. The van der Waals surface area contributed by atoms with Crippen molar-refractivity contribution in [1.82, 2.24) is 9.97 Å². The maximum Gasteiger partial charge on any atom is 0.233 e. The average molecular weight is 236 g/mol. The van der Waals surface area contributed by atoms with Gasteiger partial charge in [0.2, 0.25) is 5.88 Å². The number of hydrogen-bond donors (Lipinski definition) is 2. The van der Waals surface area contributed by atoms with E-state index >= 15 is 0 Å². The van der Waals surface area contributed by atoms with E-state index in [2.05, 4.69) is 15.3 Å². The third-order valence-corrected chi connectivity index (χ3v) is 3.33. The molecular weight excluding hydrogens is 216 g/mol. The van der Waals surface area contributed by atoms with Gasteiger partial charge >= 0.3 is 0 Å². The van der Waals surface area contributed by atoms with Gasteiger partial charge in [-0.2, -0.15) is 4.98 Å². The number of methoxy groups -OCH3 is 1. The lowest BCUT2D eigenvalue weighted by Crippen LogP contribution is -2.37. The summed E-state index contributed by atoms with van der Waals surface area (Å²) in [5.41, 5.74) is 6.10. The Hall–Kier alpha value is -1.36. The van der Waals surface area contributed by atoms with Crippen LogP contribution in [0.5, 0.6) is 5.88 Å². The van der Waals surface area contributed by atoms with Crippen molar-refractivity contribution in [2.24, 2.45) is 11.7 Å². The fourth-order valence-electron chi connectivity index (χ4n) is 2.26. The van der Waals surface area contributed by atoms with Crippen LogP contribution in [0.2, 0.25) is 0 Å². The van der Waals surface area contributed by atoms with Gasteiger partial charge < -0.3 is 15.8 Å². The van der Waals surface area contributed by atoms with Crippen molar-refractivity contribution < 1.29 is 4.74 Å².